The zero-order chi connectivity index (χ0) is 18.7. The molecule has 0 spiro atoms. The fraction of sp³-hybridized carbons (Fsp3) is 0.200. The van der Waals surface area contributed by atoms with Gasteiger partial charge >= 0.3 is 0 Å². The van der Waals surface area contributed by atoms with Gasteiger partial charge in [0.05, 0.1) is 0 Å². The summed E-state index contributed by atoms with van der Waals surface area (Å²) in [5.74, 6) is 0.519. The number of hydrogen-bond donors (Lipinski definition) is 1. The Morgan fingerprint density at radius 1 is 1.15 bits per heavy atom. The second-order valence-corrected chi connectivity index (χ2v) is 6.51. The maximum absolute atomic E-state index is 12.3. The zero-order valence-corrected chi connectivity index (χ0v) is 15.5. The van der Waals surface area contributed by atoms with E-state index in [2.05, 4.69) is 10.5 Å². The monoisotopic (exact) mass is 370 g/mol. The normalized spacial score (nSPS) is 11.8. The van der Waals surface area contributed by atoms with Crippen molar-refractivity contribution in [1.29, 1.82) is 0 Å². The van der Waals surface area contributed by atoms with Crippen molar-refractivity contribution in [3.05, 3.63) is 64.7 Å². The number of carbonyl (C=O) groups excluding carboxylic acids is 1. The molecule has 5 nitrogen and oxygen atoms in total. The number of rotatable bonds is 5. The molecule has 1 aromatic heterocycles. The smallest absolute Gasteiger partial charge is 0.267 e. The highest BCUT2D eigenvalue weighted by Crippen LogP contribution is 2.24. The van der Waals surface area contributed by atoms with E-state index in [9.17, 15) is 4.79 Å². The lowest BCUT2D eigenvalue weighted by atomic mass is 10.1. The summed E-state index contributed by atoms with van der Waals surface area (Å²) in [6.45, 7) is 5.55. The van der Waals surface area contributed by atoms with Gasteiger partial charge in [0.1, 0.15) is 11.4 Å². The molecule has 3 rings (SSSR count). The lowest BCUT2D eigenvalue weighted by Gasteiger charge is -2.14. The van der Waals surface area contributed by atoms with Gasteiger partial charge in [0, 0.05) is 16.7 Å². The van der Waals surface area contributed by atoms with Gasteiger partial charge in [0.2, 0.25) is 5.88 Å². The van der Waals surface area contributed by atoms with Crippen LogP contribution in [0.3, 0.4) is 0 Å². The minimum atomic E-state index is -0.705. The molecule has 26 heavy (non-hydrogen) atoms. The van der Waals surface area contributed by atoms with Crippen LogP contribution in [0.1, 0.15) is 18.1 Å². The van der Waals surface area contributed by atoms with Crippen molar-refractivity contribution < 1.29 is 14.1 Å². The van der Waals surface area contributed by atoms with E-state index in [4.69, 9.17) is 20.9 Å². The van der Waals surface area contributed by atoms with E-state index in [0.717, 1.165) is 16.7 Å². The standard InChI is InChI=1S/C20H19ClN2O3/c1-12-4-6-15(7-5-12)18-11-19(26-23-18)22-20(24)14(3)25-16-8-9-17(21)13(2)10-16/h4-11,14H,1-3H3,(H,22,24). The molecular formula is C20H19ClN2O3. The van der Waals surface area contributed by atoms with Crippen LogP contribution < -0.4 is 10.1 Å². The van der Waals surface area contributed by atoms with Crippen LogP contribution in [0.4, 0.5) is 5.88 Å². The molecule has 0 saturated carbocycles. The second-order valence-electron chi connectivity index (χ2n) is 6.10. The van der Waals surface area contributed by atoms with Crippen LogP contribution >= 0.6 is 11.6 Å². The molecular weight excluding hydrogens is 352 g/mol. The molecule has 1 amide bonds. The van der Waals surface area contributed by atoms with Crippen LogP contribution in [0.2, 0.25) is 5.02 Å². The SMILES string of the molecule is Cc1ccc(-c2cc(NC(=O)C(C)Oc3ccc(Cl)c(C)c3)on2)cc1. The van der Waals surface area contributed by atoms with Crippen molar-refractivity contribution in [3.63, 3.8) is 0 Å². The van der Waals surface area contributed by atoms with E-state index in [1.165, 1.54) is 0 Å². The highest BCUT2D eigenvalue weighted by molar-refractivity contribution is 6.31. The Kier molecular flexibility index (Phi) is 5.28. The fourth-order valence-corrected chi connectivity index (χ4v) is 2.48. The topological polar surface area (TPSA) is 64.4 Å². The maximum atomic E-state index is 12.3. The van der Waals surface area contributed by atoms with Gasteiger partial charge in [-0.1, -0.05) is 46.6 Å². The van der Waals surface area contributed by atoms with Crippen molar-refractivity contribution in [3.8, 4) is 17.0 Å². The predicted molar refractivity (Wildman–Crippen MR) is 102 cm³/mol. The maximum Gasteiger partial charge on any atom is 0.267 e. The third-order valence-electron chi connectivity index (χ3n) is 3.92. The Morgan fingerprint density at radius 2 is 1.88 bits per heavy atom. The summed E-state index contributed by atoms with van der Waals surface area (Å²) in [5.41, 5.74) is 3.62. The summed E-state index contributed by atoms with van der Waals surface area (Å²) in [7, 11) is 0. The number of nitrogens with zero attached hydrogens (tertiary/aromatic N) is 1. The van der Waals surface area contributed by atoms with Crippen molar-refractivity contribution in [2.75, 3.05) is 5.32 Å². The summed E-state index contributed by atoms with van der Waals surface area (Å²) >= 11 is 5.99. The number of benzene rings is 2. The molecule has 0 aliphatic heterocycles. The lowest BCUT2D eigenvalue weighted by Crippen LogP contribution is -2.30. The Labute approximate surface area is 156 Å². The molecule has 134 valence electrons. The number of aryl methyl sites for hydroxylation is 2. The van der Waals surface area contributed by atoms with Gasteiger partial charge in [0.25, 0.3) is 5.91 Å². The van der Waals surface area contributed by atoms with E-state index >= 15 is 0 Å². The largest absolute Gasteiger partial charge is 0.481 e. The summed E-state index contributed by atoms with van der Waals surface area (Å²) in [5, 5.41) is 7.31. The van der Waals surface area contributed by atoms with Gasteiger partial charge in [0.15, 0.2) is 6.10 Å². The molecule has 1 atom stereocenters. The van der Waals surface area contributed by atoms with Crippen molar-refractivity contribution in [2.24, 2.45) is 0 Å². The number of amides is 1. The van der Waals surface area contributed by atoms with Crippen LogP contribution in [0, 0.1) is 13.8 Å². The Bertz CT molecular complexity index is 919. The predicted octanol–water partition coefficient (Wildman–Crippen LogP) is 5.02. The number of halogens is 1. The quantitative estimate of drug-likeness (QED) is 0.685. The van der Waals surface area contributed by atoms with E-state index in [1.54, 1.807) is 31.2 Å². The van der Waals surface area contributed by atoms with Gasteiger partial charge in [-0.3, -0.25) is 10.1 Å². The van der Waals surface area contributed by atoms with Crippen LogP contribution in [-0.2, 0) is 4.79 Å². The molecule has 1 heterocycles. The molecule has 0 aliphatic rings. The van der Waals surface area contributed by atoms with E-state index in [0.29, 0.717) is 16.5 Å². The molecule has 0 aliphatic carbocycles. The summed E-state index contributed by atoms with van der Waals surface area (Å²) in [6.07, 6.45) is -0.705. The number of anilines is 1. The molecule has 0 saturated heterocycles. The van der Waals surface area contributed by atoms with Gasteiger partial charge < -0.3 is 9.26 Å². The van der Waals surface area contributed by atoms with Crippen molar-refractivity contribution in [1.82, 2.24) is 5.16 Å². The Hall–Kier alpha value is -2.79. The fourth-order valence-electron chi connectivity index (χ4n) is 2.37. The molecule has 6 heteroatoms. The first-order chi connectivity index (χ1) is 12.4. The van der Waals surface area contributed by atoms with Gasteiger partial charge in [-0.15, -0.1) is 0 Å². The summed E-state index contributed by atoms with van der Waals surface area (Å²) in [6, 6.07) is 14.8. The Balaban J connectivity index is 1.64. The zero-order valence-electron chi connectivity index (χ0n) is 14.7. The highest BCUT2D eigenvalue weighted by Gasteiger charge is 2.17. The van der Waals surface area contributed by atoms with E-state index in [-0.39, 0.29) is 11.8 Å². The summed E-state index contributed by atoms with van der Waals surface area (Å²) < 4.78 is 10.9. The van der Waals surface area contributed by atoms with Crippen LogP contribution in [0.15, 0.2) is 53.1 Å². The third kappa shape index (κ3) is 4.24. The van der Waals surface area contributed by atoms with Crippen LogP contribution in [0.25, 0.3) is 11.3 Å². The van der Waals surface area contributed by atoms with Gasteiger partial charge in [-0.2, -0.15) is 0 Å². The first-order valence-electron chi connectivity index (χ1n) is 8.20. The van der Waals surface area contributed by atoms with Crippen molar-refractivity contribution in [2.45, 2.75) is 26.9 Å². The van der Waals surface area contributed by atoms with Crippen molar-refractivity contribution >= 4 is 23.4 Å². The number of hydrogen-bond acceptors (Lipinski definition) is 4. The van der Waals surface area contributed by atoms with E-state index < -0.39 is 6.10 Å². The van der Waals surface area contributed by atoms with E-state index in [1.807, 2.05) is 38.1 Å². The minimum absolute atomic E-state index is 0.272. The third-order valence-corrected chi connectivity index (χ3v) is 4.34. The number of nitrogens with one attached hydrogen (secondary N) is 1. The molecule has 1 N–H and O–H groups in total. The van der Waals surface area contributed by atoms with Crippen LogP contribution in [0.5, 0.6) is 5.75 Å². The molecule has 1 unspecified atom stereocenters. The first-order valence-corrected chi connectivity index (χ1v) is 8.57. The molecule has 0 fully saturated rings. The molecule has 2 aromatic carbocycles. The number of carbonyl (C=O) groups is 1. The first kappa shape index (κ1) is 18.0. The van der Waals surface area contributed by atoms with Crippen LogP contribution in [-0.4, -0.2) is 17.2 Å². The second kappa shape index (κ2) is 7.62. The van der Waals surface area contributed by atoms with Gasteiger partial charge in [-0.25, -0.2) is 0 Å². The minimum Gasteiger partial charge on any atom is -0.481 e. The summed E-state index contributed by atoms with van der Waals surface area (Å²) in [4.78, 5) is 12.3. The molecule has 0 bridgehead atoms. The Morgan fingerprint density at radius 3 is 2.58 bits per heavy atom. The van der Waals surface area contributed by atoms with Gasteiger partial charge in [-0.05, 0) is 44.5 Å². The lowest BCUT2D eigenvalue weighted by molar-refractivity contribution is -0.122. The number of aromatic nitrogens is 1. The highest BCUT2D eigenvalue weighted by atomic mass is 35.5. The molecule has 0 radical (unpaired) electrons. The molecule has 3 aromatic rings. The average Bonchev–Trinajstić information content (AvgIpc) is 3.07. The average molecular weight is 371 g/mol. The number of ether oxygens (including phenoxy) is 1.